The van der Waals surface area contributed by atoms with E-state index in [0.29, 0.717) is 23.1 Å². The minimum Gasteiger partial charge on any atom is -0.496 e. The molecular formula is C14H21NO2. The number of amides is 1. The first-order chi connectivity index (χ1) is 7.90. The van der Waals surface area contributed by atoms with Crippen LogP contribution in [-0.4, -0.2) is 13.0 Å². The smallest absolute Gasteiger partial charge is 0.252 e. The van der Waals surface area contributed by atoms with Crippen molar-refractivity contribution in [2.24, 2.45) is 5.73 Å². The molecule has 2 N–H and O–H groups in total. The van der Waals surface area contributed by atoms with Crippen LogP contribution in [0.1, 0.15) is 61.0 Å². The first-order valence-electron chi connectivity index (χ1n) is 5.90. The highest BCUT2D eigenvalue weighted by molar-refractivity contribution is 5.96. The Morgan fingerprint density at radius 3 is 2.12 bits per heavy atom. The van der Waals surface area contributed by atoms with Crippen LogP contribution >= 0.6 is 0 Å². The van der Waals surface area contributed by atoms with Gasteiger partial charge in [-0.15, -0.1) is 0 Å². The van der Waals surface area contributed by atoms with Gasteiger partial charge in [0.2, 0.25) is 0 Å². The molecule has 1 amide bonds. The zero-order chi connectivity index (χ0) is 13.2. The second-order valence-corrected chi connectivity index (χ2v) is 4.82. The first-order valence-corrected chi connectivity index (χ1v) is 5.90. The second kappa shape index (κ2) is 5.21. The average Bonchev–Trinajstić information content (AvgIpc) is 2.26. The number of hydrogen-bond donors (Lipinski definition) is 1. The van der Waals surface area contributed by atoms with Crippen LogP contribution in [0.15, 0.2) is 12.1 Å². The van der Waals surface area contributed by atoms with Gasteiger partial charge < -0.3 is 10.5 Å². The Bertz CT molecular complexity index is 422. The number of ether oxygens (including phenoxy) is 1. The summed E-state index contributed by atoms with van der Waals surface area (Å²) in [6.07, 6.45) is 0. The predicted octanol–water partition coefficient (Wildman–Crippen LogP) is 3.04. The van der Waals surface area contributed by atoms with Crippen molar-refractivity contribution in [2.45, 2.75) is 39.5 Å². The lowest BCUT2D eigenvalue weighted by molar-refractivity contribution is 0.0997. The van der Waals surface area contributed by atoms with Crippen molar-refractivity contribution in [2.75, 3.05) is 7.11 Å². The van der Waals surface area contributed by atoms with E-state index in [0.717, 1.165) is 5.56 Å². The number of primary amides is 1. The molecule has 0 saturated carbocycles. The summed E-state index contributed by atoms with van der Waals surface area (Å²) in [5.41, 5.74) is 8.12. The van der Waals surface area contributed by atoms with Crippen LogP contribution < -0.4 is 10.5 Å². The van der Waals surface area contributed by atoms with Crippen LogP contribution in [0.3, 0.4) is 0 Å². The summed E-state index contributed by atoms with van der Waals surface area (Å²) >= 11 is 0. The zero-order valence-electron chi connectivity index (χ0n) is 11.2. The van der Waals surface area contributed by atoms with Gasteiger partial charge in [-0.3, -0.25) is 4.79 Å². The molecule has 1 rings (SSSR count). The zero-order valence-corrected chi connectivity index (χ0v) is 11.2. The van der Waals surface area contributed by atoms with E-state index in [1.54, 1.807) is 13.2 Å². The van der Waals surface area contributed by atoms with Crippen molar-refractivity contribution >= 4 is 5.91 Å². The summed E-state index contributed by atoms with van der Waals surface area (Å²) in [5, 5.41) is 0. The number of rotatable bonds is 4. The lowest BCUT2D eigenvalue weighted by Gasteiger charge is -2.21. The fourth-order valence-corrected chi connectivity index (χ4v) is 2.13. The third kappa shape index (κ3) is 2.60. The van der Waals surface area contributed by atoms with Gasteiger partial charge in [-0.1, -0.05) is 33.8 Å². The van der Waals surface area contributed by atoms with Gasteiger partial charge in [-0.05, 0) is 23.5 Å². The highest BCUT2D eigenvalue weighted by Gasteiger charge is 2.20. The van der Waals surface area contributed by atoms with Crippen molar-refractivity contribution in [3.8, 4) is 5.75 Å². The van der Waals surface area contributed by atoms with Crippen molar-refractivity contribution in [1.29, 1.82) is 0 Å². The maximum Gasteiger partial charge on any atom is 0.252 e. The van der Waals surface area contributed by atoms with Crippen LogP contribution in [0.25, 0.3) is 0 Å². The number of benzene rings is 1. The quantitative estimate of drug-likeness (QED) is 0.872. The molecule has 1 aromatic carbocycles. The molecule has 17 heavy (non-hydrogen) atoms. The summed E-state index contributed by atoms with van der Waals surface area (Å²) in [7, 11) is 1.58. The van der Waals surface area contributed by atoms with Gasteiger partial charge >= 0.3 is 0 Å². The number of methoxy groups -OCH3 is 1. The van der Waals surface area contributed by atoms with E-state index in [1.807, 2.05) is 6.07 Å². The summed E-state index contributed by atoms with van der Waals surface area (Å²) in [5.74, 6) is 0.864. The Hall–Kier alpha value is -1.51. The van der Waals surface area contributed by atoms with E-state index in [9.17, 15) is 4.79 Å². The standard InChI is InChI=1S/C14H21NO2/c1-8(2)10-6-7-11(14(15)16)13(17-5)12(10)9(3)4/h6-9H,1-5H3,(H2,15,16). The largest absolute Gasteiger partial charge is 0.496 e. The molecule has 0 bridgehead atoms. The third-order valence-corrected chi connectivity index (χ3v) is 2.90. The van der Waals surface area contributed by atoms with Gasteiger partial charge in [0.05, 0.1) is 12.7 Å². The fourth-order valence-electron chi connectivity index (χ4n) is 2.13. The summed E-state index contributed by atoms with van der Waals surface area (Å²) in [4.78, 5) is 11.4. The van der Waals surface area contributed by atoms with E-state index >= 15 is 0 Å². The van der Waals surface area contributed by atoms with Crippen LogP contribution in [-0.2, 0) is 0 Å². The molecule has 0 unspecified atom stereocenters. The maximum absolute atomic E-state index is 11.4. The lowest BCUT2D eigenvalue weighted by Crippen LogP contribution is -2.15. The number of hydrogen-bond acceptors (Lipinski definition) is 2. The van der Waals surface area contributed by atoms with Crippen LogP contribution in [0.5, 0.6) is 5.75 Å². The molecule has 0 heterocycles. The summed E-state index contributed by atoms with van der Waals surface area (Å²) in [6.45, 7) is 8.44. The van der Waals surface area contributed by atoms with E-state index in [-0.39, 0.29) is 0 Å². The molecule has 1 aromatic rings. The molecule has 3 nitrogen and oxygen atoms in total. The van der Waals surface area contributed by atoms with Gasteiger partial charge in [0.15, 0.2) is 0 Å². The number of carbonyl (C=O) groups excluding carboxylic acids is 1. The van der Waals surface area contributed by atoms with Gasteiger partial charge in [0, 0.05) is 5.56 Å². The molecule has 3 heteroatoms. The second-order valence-electron chi connectivity index (χ2n) is 4.82. The Labute approximate surface area is 103 Å². The Morgan fingerprint density at radius 1 is 1.18 bits per heavy atom. The SMILES string of the molecule is COc1c(C(N)=O)ccc(C(C)C)c1C(C)C. The van der Waals surface area contributed by atoms with E-state index in [1.165, 1.54) is 5.56 Å². The molecule has 0 fully saturated rings. The minimum absolute atomic E-state index is 0.293. The van der Waals surface area contributed by atoms with Gasteiger partial charge in [0.1, 0.15) is 5.75 Å². The van der Waals surface area contributed by atoms with Gasteiger partial charge in [-0.25, -0.2) is 0 Å². The average molecular weight is 235 g/mol. The number of nitrogens with two attached hydrogens (primary N) is 1. The maximum atomic E-state index is 11.4. The fraction of sp³-hybridized carbons (Fsp3) is 0.500. The Morgan fingerprint density at radius 2 is 1.76 bits per heavy atom. The first kappa shape index (κ1) is 13.6. The van der Waals surface area contributed by atoms with Crippen LogP contribution in [0, 0.1) is 0 Å². The number of carbonyl (C=O) groups is 1. The Kier molecular flexibility index (Phi) is 4.16. The minimum atomic E-state index is -0.445. The highest BCUT2D eigenvalue weighted by atomic mass is 16.5. The molecule has 0 aliphatic heterocycles. The summed E-state index contributed by atoms with van der Waals surface area (Å²) in [6, 6.07) is 3.73. The molecule has 0 aromatic heterocycles. The topological polar surface area (TPSA) is 52.3 Å². The Balaban J connectivity index is 3.55. The van der Waals surface area contributed by atoms with E-state index in [2.05, 4.69) is 27.7 Å². The molecule has 0 saturated heterocycles. The summed E-state index contributed by atoms with van der Waals surface area (Å²) < 4.78 is 5.39. The van der Waals surface area contributed by atoms with Crippen molar-refractivity contribution in [1.82, 2.24) is 0 Å². The molecule has 0 aliphatic rings. The van der Waals surface area contributed by atoms with E-state index < -0.39 is 5.91 Å². The molecule has 94 valence electrons. The monoisotopic (exact) mass is 235 g/mol. The molecule has 0 aliphatic carbocycles. The highest BCUT2D eigenvalue weighted by Crippen LogP contribution is 2.36. The van der Waals surface area contributed by atoms with E-state index in [4.69, 9.17) is 10.5 Å². The molecular weight excluding hydrogens is 214 g/mol. The predicted molar refractivity (Wildman–Crippen MR) is 69.7 cm³/mol. The van der Waals surface area contributed by atoms with Crippen molar-refractivity contribution in [3.05, 3.63) is 28.8 Å². The van der Waals surface area contributed by atoms with Crippen LogP contribution in [0.2, 0.25) is 0 Å². The third-order valence-electron chi connectivity index (χ3n) is 2.90. The van der Waals surface area contributed by atoms with Crippen molar-refractivity contribution in [3.63, 3.8) is 0 Å². The normalized spacial score (nSPS) is 11.0. The van der Waals surface area contributed by atoms with Gasteiger partial charge in [-0.2, -0.15) is 0 Å². The lowest BCUT2D eigenvalue weighted by atomic mass is 9.88. The molecule has 0 radical (unpaired) electrons. The molecule has 0 spiro atoms. The van der Waals surface area contributed by atoms with Crippen LogP contribution in [0.4, 0.5) is 0 Å². The molecule has 0 atom stereocenters. The van der Waals surface area contributed by atoms with Gasteiger partial charge in [0.25, 0.3) is 5.91 Å². The van der Waals surface area contributed by atoms with Crippen molar-refractivity contribution < 1.29 is 9.53 Å².